The van der Waals surface area contributed by atoms with Gasteiger partial charge in [-0.15, -0.1) is 0 Å². The highest BCUT2D eigenvalue weighted by Gasteiger charge is 2.38. The molecule has 1 saturated carbocycles. The third-order valence-electron chi connectivity index (χ3n) is 3.31. The van der Waals surface area contributed by atoms with Crippen LogP contribution in [0.2, 0.25) is 0 Å². The maximum atomic E-state index is 13.8. The fourth-order valence-electron chi connectivity index (χ4n) is 1.61. The number of rotatable bonds is 5. The summed E-state index contributed by atoms with van der Waals surface area (Å²) in [7, 11) is -8.08. The van der Waals surface area contributed by atoms with Gasteiger partial charge in [0.05, 0.1) is 4.90 Å². The summed E-state index contributed by atoms with van der Waals surface area (Å²) < 4.78 is 62.1. The lowest BCUT2D eigenvalue weighted by Gasteiger charge is -2.11. The van der Waals surface area contributed by atoms with E-state index in [4.69, 9.17) is 5.14 Å². The molecule has 0 amide bonds. The highest BCUT2D eigenvalue weighted by Crippen LogP contribution is 2.44. The Kier molecular flexibility index (Phi) is 3.66. The molecule has 20 heavy (non-hydrogen) atoms. The number of hydrogen-bond donors (Lipinski definition) is 2. The Morgan fingerprint density at radius 3 is 2.35 bits per heavy atom. The van der Waals surface area contributed by atoms with E-state index in [0.717, 1.165) is 25.0 Å². The molecule has 0 atom stereocenters. The molecule has 0 bridgehead atoms. The standard InChI is InChI=1S/C11H15FN2O4S2/c1-11(4-5-11)7-14-20(17,18)10-3-2-8(6-9(10)12)19(13,15)16/h2-3,6,14H,4-5,7H2,1H3,(H2,13,15,16). The van der Waals surface area contributed by atoms with Crippen molar-refractivity contribution in [1.82, 2.24) is 4.72 Å². The third kappa shape index (κ3) is 3.35. The molecule has 0 radical (unpaired) electrons. The van der Waals surface area contributed by atoms with E-state index in [1.54, 1.807) is 0 Å². The summed E-state index contributed by atoms with van der Waals surface area (Å²) in [6, 6.07) is 2.46. The first-order valence-electron chi connectivity index (χ1n) is 5.86. The summed E-state index contributed by atoms with van der Waals surface area (Å²) in [5, 5.41) is 4.85. The monoisotopic (exact) mass is 322 g/mol. The van der Waals surface area contributed by atoms with Crippen molar-refractivity contribution >= 4 is 20.0 Å². The first-order valence-corrected chi connectivity index (χ1v) is 8.89. The average Bonchev–Trinajstić information content (AvgIpc) is 3.04. The van der Waals surface area contributed by atoms with Gasteiger partial charge in [-0.1, -0.05) is 6.92 Å². The molecule has 9 heteroatoms. The van der Waals surface area contributed by atoms with Crippen molar-refractivity contribution in [1.29, 1.82) is 0 Å². The number of hydrogen-bond acceptors (Lipinski definition) is 4. The Balaban J connectivity index is 2.28. The molecule has 1 aromatic carbocycles. The van der Waals surface area contributed by atoms with E-state index in [1.165, 1.54) is 0 Å². The van der Waals surface area contributed by atoms with Crippen LogP contribution in [0.15, 0.2) is 28.0 Å². The number of sulfonamides is 2. The molecule has 0 unspecified atom stereocenters. The van der Waals surface area contributed by atoms with E-state index < -0.39 is 35.7 Å². The van der Waals surface area contributed by atoms with Crippen molar-refractivity contribution in [2.75, 3.05) is 6.54 Å². The minimum absolute atomic E-state index is 0.0654. The van der Waals surface area contributed by atoms with E-state index in [0.29, 0.717) is 6.07 Å². The summed E-state index contributed by atoms with van der Waals surface area (Å²) in [4.78, 5) is -1.06. The fraction of sp³-hybridized carbons (Fsp3) is 0.455. The normalized spacial score (nSPS) is 17.9. The summed E-state index contributed by atoms with van der Waals surface area (Å²) in [5.41, 5.74) is -0.0654. The Bertz CT molecular complexity index is 740. The van der Waals surface area contributed by atoms with Crippen LogP contribution < -0.4 is 9.86 Å². The lowest BCUT2D eigenvalue weighted by molar-refractivity contribution is 0.521. The molecule has 0 aliphatic heterocycles. The summed E-state index contributed by atoms with van der Waals surface area (Å²) in [6.07, 6.45) is 1.84. The van der Waals surface area contributed by atoms with E-state index in [2.05, 4.69) is 4.72 Å². The lowest BCUT2D eigenvalue weighted by atomic mass is 10.2. The maximum Gasteiger partial charge on any atom is 0.243 e. The fourth-order valence-corrected chi connectivity index (χ4v) is 3.40. The van der Waals surface area contributed by atoms with Crippen molar-refractivity contribution in [2.45, 2.75) is 29.6 Å². The Labute approximate surface area is 117 Å². The maximum absolute atomic E-state index is 13.8. The highest BCUT2D eigenvalue weighted by atomic mass is 32.2. The predicted octanol–water partition coefficient (Wildman–Crippen LogP) is 0.551. The molecular weight excluding hydrogens is 307 g/mol. The lowest BCUT2D eigenvalue weighted by Crippen LogP contribution is -2.30. The molecule has 6 nitrogen and oxygen atoms in total. The molecule has 112 valence electrons. The predicted molar refractivity (Wildman–Crippen MR) is 70.3 cm³/mol. The number of benzene rings is 1. The number of primary sulfonamides is 1. The minimum atomic E-state index is -4.07. The Hall–Kier alpha value is -1.03. The third-order valence-corrected chi connectivity index (χ3v) is 5.66. The van der Waals surface area contributed by atoms with E-state index in [1.807, 2.05) is 6.92 Å². The van der Waals surface area contributed by atoms with Crippen LogP contribution in [0.4, 0.5) is 4.39 Å². The smallest absolute Gasteiger partial charge is 0.225 e. The van der Waals surface area contributed by atoms with Crippen LogP contribution in [0.1, 0.15) is 19.8 Å². The summed E-state index contributed by atoms with van der Waals surface area (Å²) in [6.45, 7) is 2.15. The summed E-state index contributed by atoms with van der Waals surface area (Å²) in [5.74, 6) is -1.15. The number of halogens is 1. The second kappa shape index (κ2) is 4.76. The van der Waals surface area contributed by atoms with Crippen LogP contribution in [0, 0.1) is 11.2 Å². The van der Waals surface area contributed by atoms with Gasteiger partial charge in [0.1, 0.15) is 10.7 Å². The SMILES string of the molecule is CC1(CNS(=O)(=O)c2ccc(S(N)(=O)=O)cc2F)CC1. The van der Waals surface area contributed by atoms with Gasteiger partial charge in [-0.25, -0.2) is 31.1 Å². The van der Waals surface area contributed by atoms with Crippen LogP contribution in [-0.2, 0) is 20.0 Å². The molecular formula is C11H15FN2O4S2. The van der Waals surface area contributed by atoms with Gasteiger partial charge >= 0.3 is 0 Å². The van der Waals surface area contributed by atoms with Crippen molar-refractivity contribution in [3.05, 3.63) is 24.0 Å². The minimum Gasteiger partial charge on any atom is -0.225 e. The van der Waals surface area contributed by atoms with E-state index >= 15 is 0 Å². The highest BCUT2D eigenvalue weighted by molar-refractivity contribution is 7.89. The average molecular weight is 322 g/mol. The van der Waals surface area contributed by atoms with E-state index in [9.17, 15) is 21.2 Å². The molecule has 0 aromatic heterocycles. The van der Waals surface area contributed by atoms with Gasteiger partial charge in [-0.2, -0.15) is 0 Å². The molecule has 2 rings (SSSR count). The Morgan fingerprint density at radius 1 is 1.30 bits per heavy atom. The van der Waals surface area contributed by atoms with Crippen molar-refractivity contribution in [2.24, 2.45) is 10.6 Å². The van der Waals surface area contributed by atoms with Crippen LogP contribution in [0.3, 0.4) is 0 Å². The van der Waals surface area contributed by atoms with E-state index in [-0.39, 0.29) is 12.0 Å². The second-order valence-corrected chi connectivity index (χ2v) is 8.57. The molecule has 1 aliphatic rings. The molecule has 1 aliphatic carbocycles. The summed E-state index contributed by atoms with van der Waals surface area (Å²) >= 11 is 0. The molecule has 0 heterocycles. The zero-order chi connectivity index (χ0) is 15.2. The van der Waals surface area contributed by atoms with Gasteiger partial charge in [0.25, 0.3) is 0 Å². The van der Waals surface area contributed by atoms with Crippen molar-refractivity contribution in [3.8, 4) is 0 Å². The molecule has 0 saturated heterocycles. The zero-order valence-corrected chi connectivity index (χ0v) is 12.4. The Morgan fingerprint density at radius 2 is 1.90 bits per heavy atom. The van der Waals surface area contributed by atoms with Crippen LogP contribution in [0.25, 0.3) is 0 Å². The van der Waals surface area contributed by atoms with Gasteiger partial charge in [0.15, 0.2) is 0 Å². The number of nitrogens with two attached hydrogens (primary N) is 1. The van der Waals surface area contributed by atoms with Gasteiger partial charge in [-0.3, -0.25) is 0 Å². The zero-order valence-electron chi connectivity index (χ0n) is 10.8. The van der Waals surface area contributed by atoms with Crippen molar-refractivity contribution < 1.29 is 21.2 Å². The first kappa shape index (κ1) is 15.4. The molecule has 1 fully saturated rings. The van der Waals surface area contributed by atoms with Gasteiger partial charge in [0.2, 0.25) is 20.0 Å². The van der Waals surface area contributed by atoms with Gasteiger partial charge < -0.3 is 0 Å². The largest absolute Gasteiger partial charge is 0.243 e. The second-order valence-electron chi connectivity index (χ2n) is 5.27. The topological polar surface area (TPSA) is 106 Å². The quantitative estimate of drug-likeness (QED) is 0.825. The van der Waals surface area contributed by atoms with Crippen LogP contribution >= 0.6 is 0 Å². The van der Waals surface area contributed by atoms with Crippen molar-refractivity contribution in [3.63, 3.8) is 0 Å². The van der Waals surface area contributed by atoms with Crippen LogP contribution in [-0.4, -0.2) is 23.4 Å². The van der Waals surface area contributed by atoms with Crippen LogP contribution in [0.5, 0.6) is 0 Å². The first-order chi connectivity index (χ1) is 9.04. The van der Waals surface area contributed by atoms with Gasteiger partial charge in [0, 0.05) is 6.54 Å². The molecule has 1 aromatic rings. The number of nitrogens with one attached hydrogen (secondary N) is 1. The molecule has 3 N–H and O–H groups in total. The molecule has 0 spiro atoms. The van der Waals surface area contributed by atoms with Gasteiger partial charge in [-0.05, 0) is 36.5 Å².